The zero-order valence-electron chi connectivity index (χ0n) is 44.3. The summed E-state index contributed by atoms with van der Waals surface area (Å²) in [5.74, 6) is -10.8. The number of esters is 1. The zero-order valence-corrected chi connectivity index (χ0v) is 45.1. The van der Waals surface area contributed by atoms with E-state index in [-0.39, 0.29) is 50.2 Å². The summed E-state index contributed by atoms with van der Waals surface area (Å²) in [5.41, 5.74) is 0.718. The number of fused-ring (bicyclic) bond motifs is 1. The van der Waals surface area contributed by atoms with Gasteiger partial charge in [0.2, 0.25) is 47.5 Å². The van der Waals surface area contributed by atoms with Gasteiger partial charge in [0.25, 0.3) is 5.91 Å². The summed E-state index contributed by atoms with van der Waals surface area (Å²) in [4.78, 5) is 142. The summed E-state index contributed by atoms with van der Waals surface area (Å²) in [5, 5.41) is 49.9. The van der Waals surface area contributed by atoms with Crippen molar-refractivity contribution in [1.29, 1.82) is 0 Å². The normalized spacial score (nSPS) is 28.9. The summed E-state index contributed by atoms with van der Waals surface area (Å²) in [6.07, 6.45) is 1.78. The molecule has 7 rings (SSSR count). The fourth-order valence-corrected chi connectivity index (χ4v) is 10.6. The van der Waals surface area contributed by atoms with Crippen molar-refractivity contribution in [2.75, 3.05) is 6.54 Å². The average molecular weight is 1120 g/mol. The fourth-order valence-electron chi connectivity index (χ4n) is 10.4. The van der Waals surface area contributed by atoms with Crippen LogP contribution in [0.25, 0.3) is 0 Å². The molecule has 4 aliphatic rings. The van der Waals surface area contributed by atoms with Crippen LogP contribution < -0.4 is 31.9 Å². The minimum atomic E-state index is -1.92. The van der Waals surface area contributed by atoms with Crippen LogP contribution in [0.4, 0.5) is 0 Å². The third-order valence-corrected chi connectivity index (χ3v) is 15.8. The fraction of sp³-hybridized carbons (Fsp3) is 0.519. The number of rotatable bonds is 17. The first-order chi connectivity index (χ1) is 37.6. The number of nitrogens with zero attached hydrogens (tertiary/aromatic N) is 4. The number of carbonyl (C=O) groups excluding carboxylic acids is 8. The summed E-state index contributed by atoms with van der Waals surface area (Å²) in [6.45, 7) is 8.18. The van der Waals surface area contributed by atoms with E-state index >= 15 is 14.4 Å². The molecule has 15 atom stereocenters. The Labute approximate surface area is 460 Å². The Balaban J connectivity index is 1.32. The smallest absolute Gasteiger partial charge is 0.329 e. The lowest BCUT2D eigenvalue weighted by Gasteiger charge is -2.33. The second-order valence-electron chi connectivity index (χ2n) is 21.1. The maximum atomic E-state index is 15.2. The number of amides is 7. The van der Waals surface area contributed by atoms with E-state index in [0.717, 1.165) is 6.07 Å². The molecule has 1 aromatic heterocycles. The van der Waals surface area contributed by atoms with E-state index in [1.807, 2.05) is 0 Å². The first-order valence-corrected chi connectivity index (χ1v) is 26.9. The summed E-state index contributed by atoms with van der Waals surface area (Å²) >= 11 is 5.98. The van der Waals surface area contributed by atoms with Crippen LogP contribution in [0.1, 0.15) is 101 Å². The van der Waals surface area contributed by atoms with Crippen molar-refractivity contribution in [3.05, 3.63) is 127 Å². The van der Waals surface area contributed by atoms with Crippen molar-refractivity contribution in [3.8, 4) is 0 Å². The van der Waals surface area contributed by atoms with Crippen LogP contribution in [-0.4, -0.2) is 139 Å². The average Bonchev–Trinajstić information content (AvgIpc) is 4.35. The van der Waals surface area contributed by atoms with Gasteiger partial charge in [-0.05, 0) is 68.2 Å². The second kappa shape index (κ2) is 25.7. The standard InChI is InChI=1S/C54H67ClN10O14/c1-6-14-32-22-42-54(73)79-30(5)46(61-49(68)38(24-35-26-41(35)65(77)78)57-50(69)39-19-20-43(55)63(39)74)52(71)60-45(29(4)33-17-12-9-13-18-33)51(70)58-37(23-34-25-40(34)64(75)76)47(66)56-36(21-31-15-10-8-11-16-31)48(67)59-44(28(3)7-2)53(72)62(42)27-32/h6,8-20,28-30,32,34-38,40-42,44-46,74H,7,21-27H2,1-5H3,(H,56,66)(H,57,69)(H,58,70)(H,59,67)(H,60,71)(H,61,68). The monoisotopic (exact) mass is 1110 g/mol. The van der Waals surface area contributed by atoms with E-state index < -0.39 is 153 Å². The Morgan fingerprint density at radius 2 is 1.43 bits per heavy atom. The SMILES string of the molecule is CC=CC1CC2C(=O)OC(C)C(NC(=O)C(CC3CC3[N+](=O)[O-])NC(=O)c3ccc(Cl)n3O)C(=O)NC(C(C)c3ccccc3)C(=O)NC(CC3CC3[N+](=O)[O-])C(=O)NC(Cc3ccccc3)C(=O)NC(C(C)CC)C(=O)N2C1. The lowest BCUT2D eigenvalue weighted by Crippen LogP contribution is -2.62. The van der Waals surface area contributed by atoms with E-state index in [4.69, 9.17) is 16.3 Å². The highest BCUT2D eigenvalue weighted by Crippen LogP contribution is 2.38. The molecule has 7 amide bonds. The zero-order chi connectivity index (χ0) is 57.4. The predicted molar refractivity (Wildman–Crippen MR) is 283 cm³/mol. The van der Waals surface area contributed by atoms with Gasteiger partial charge in [-0.2, -0.15) is 4.73 Å². The van der Waals surface area contributed by atoms with Crippen LogP contribution in [0.3, 0.4) is 0 Å². The molecule has 24 nitrogen and oxygen atoms in total. The molecule has 3 heterocycles. The lowest BCUT2D eigenvalue weighted by atomic mass is 9.91. The topological polar surface area (TPSA) is 333 Å². The minimum Gasteiger partial charge on any atom is -0.458 e. The van der Waals surface area contributed by atoms with Gasteiger partial charge in [0.05, 0.1) is 0 Å². The van der Waals surface area contributed by atoms with Crippen molar-refractivity contribution in [1.82, 2.24) is 41.5 Å². The molecule has 2 saturated carbocycles. The molecule has 4 fully saturated rings. The molecule has 0 spiro atoms. The highest BCUT2D eigenvalue weighted by atomic mass is 35.5. The molecule has 2 aliphatic heterocycles. The van der Waals surface area contributed by atoms with Crippen molar-refractivity contribution in [2.24, 2.45) is 23.7 Å². The van der Waals surface area contributed by atoms with Crippen molar-refractivity contribution < 1.29 is 58.1 Å². The summed E-state index contributed by atoms with van der Waals surface area (Å²) in [6, 6.07) is 6.70. The molecule has 2 aliphatic carbocycles. The van der Waals surface area contributed by atoms with Gasteiger partial charge in [-0.1, -0.05) is 112 Å². The largest absolute Gasteiger partial charge is 0.458 e. The number of hydrogen-bond acceptors (Lipinski definition) is 14. The third kappa shape index (κ3) is 14.4. The number of carbonyl (C=O) groups is 8. The van der Waals surface area contributed by atoms with Gasteiger partial charge in [0, 0.05) is 53.4 Å². The van der Waals surface area contributed by atoms with E-state index in [1.54, 1.807) is 101 Å². The molecular formula is C54H67ClN10O14. The number of allylic oxidation sites excluding steroid dienone is 1. The number of cyclic esters (lactones) is 1. The van der Waals surface area contributed by atoms with Crippen LogP contribution in [0.2, 0.25) is 5.15 Å². The van der Waals surface area contributed by atoms with E-state index in [9.17, 15) is 49.4 Å². The number of nitro groups is 2. The van der Waals surface area contributed by atoms with Crippen molar-refractivity contribution in [2.45, 2.75) is 146 Å². The Morgan fingerprint density at radius 1 is 0.823 bits per heavy atom. The van der Waals surface area contributed by atoms with Crippen LogP contribution in [0, 0.1) is 43.9 Å². The number of ether oxygens (including phenoxy) is 1. The number of halogens is 1. The van der Waals surface area contributed by atoms with Gasteiger partial charge in [0.15, 0.2) is 0 Å². The van der Waals surface area contributed by atoms with Gasteiger partial charge in [-0.3, -0.25) is 53.8 Å². The first-order valence-electron chi connectivity index (χ1n) is 26.5. The molecule has 7 N–H and O–H groups in total. The Kier molecular flexibility index (Phi) is 19.1. The Morgan fingerprint density at radius 3 is 2.03 bits per heavy atom. The molecule has 0 radical (unpaired) electrons. The van der Waals surface area contributed by atoms with Crippen molar-refractivity contribution in [3.63, 3.8) is 0 Å². The number of benzene rings is 2. The highest BCUT2D eigenvalue weighted by molar-refractivity contribution is 6.30. The molecule has 2 saturated heterocycles. The number of nitrogens with one attached hydrogen (secondary N) is 6. The van der Waals surface area contributed by atoms with Crippen LogP contribution in [0.15, 0.2) is 84.9 Å². The molecule has 0 bridgehead atoms. The molecule has 424 valence electrons. The second-order valence-corrected chi connectivity index (χ2v) is 21.5. The van der Waals surface area contributed by atoms with Gasteiger partial charge in [-0.25, -0.2) is 4.79 Å². The number of aromatic nitrogens is 1. The third-order valence-electron chi connectivity index (χ3n) is 15.5. The van der Waals surface area contributed by atoms with Gasteiger partial charge < -0.3 is 46.7 Å². The molecule has 25 heteroatoms. The highest BCUT2D eigenvalue weighted by Gasteiger charge is 2.52. The quantitative estimate of drug-likeness (QED) is 0.0336. The Bertz CT molecular complexity index is 2820. The molecular weight excluding hydrogens is 1050 g/mol. The van der Waals surface area contributed by atoms with E-state index in [2.05, 4.69) is 31.9 Å². The summed E-state index contributed by atoms with van der Waals surface area (Å²) < 4.78 is 6.42. The minimum absolute atomic E-state index is 0.00189. The maximum absolute atomic E-state index is 15.2. The van der Waals surface area contributed by atoms with E-state index in [1.165, 1.54) is 17.9 Å². The van der Waals surface area contributed by atoms with Gasteiger partial charge in [0.1, 0.15) is 59.2 Å². The van der Waals surface area contributed by atoms with Gasteiger partial charge >= 0.3 is 5.97 Å². The van der Waals surface area contributed by atoms with Crippen LogP contribution >= 0.6 is 11.6 Å². The van der Waals surface area contributed by atoms with E-state index in [0.29, 0.717) is 22.3 Å². The molecule has 3 aromatic rings. The maximum Gasteiger partial charge on any atom is 0.329 e. The lowest BCUT2D eigenvalue weighted by molar-refractivity contribution is -0.498. The van der Waals surface area contributed by atoms with Crippen LogP contribution in [-0.2, 0) is 44.7 Å². The summed E-state index contributed by atoms with van der Waals surface area (Å²) in [7, 11) is 0. The first kappa shape index (κ1) is 58.8. The molecule has 79 heavy (non-hydrogen) atoms. The number of hydrogen-bond donors (Lipinski definition) is 7. The van der Waals surface area contributed by atoms with Crippen LogP contribution in [0.5, 0.6) is 0 Å². The predicted octanol–water partition coefficient (Wildman–Crippen LogP) is 2.84. The van der Waals surface area contributed by atoms with Gasteiger partial charge in [-0.15, -0.1) is 0 Å². The Hall–Kier alpha value is -7.89. The van der Waals surface area contributed by atoms with Crippen molar-refractivity contribution >= 4 is 58.9 Å². The molecule has 2 aromatic carbocycles. The molecule has 15 unspecified atom stereocenters.